The number of carboxylic acid groups (broad SMARTS) is 1. The summed E-state index contributed by atoms with van der Waals surface area (Å²) in [5.74, 6) is -0.185. The Morgan fingerprint density at radius 2 is 2.04 bits per heavy atom. The molecule has 2 unspecified atom stereocenters. The lowest BCUT2D eigenvalue weighted by Gasteiger charge is -2.58. The second kappa shape index (κ2) is 6.54. The van der Waals surface area contributed by atoms with Crippen LogP contribution in [0, 0.1) is 28.1 Å². The summed E-state index contributed by atoms with van der Waals surface area (Å²) in [5.41, 5.74) is 1.32. The van der Waals surface area contributed by atoms with Gasteiger partial charge in [0.05, 0.1) is 5.41 Å². The van der Waals surface area contributed by atoms with E-state index in [0.717, 1.165) is 44.9 Å². The van der Waals surface area contributed by atoms with E-state index < -0.39 is 11.4 Å². The Morgan fingerprint density at radius 3 is 2.69 bits per heavy atom. The van der Waals surface area contributed by atoms with Gasteiger partial charge in [-0.1, -0.05) is 44.9 Å². The quantitative estimate of drug-likeness (QED) is 0.735. The number of aliphatic carboxylic acids is 1. The Labute approximate surface area is 157 Å². The van der Waals surface area contributed by atoms with Crippen LogP contribution in [0.2, 0.25) is 0 Å². The first-order chi connectivity index (χ1) is 12.1. The van der Waals surface area contributed by atoms with Crippen molar-refractivity contribution in [2.24, 2.45) is 28.1 Å². The van der Waals surface area contributed by atoms with Crippen molar-refractivity contribution in [3.63, 3.8) is 0 Å². The highest BCUT2D eigenvalue weighted by Crippen LogP contribution is 2.63. The van der Waals surface area contributed by atoms with E-state index in [9.17, 15) is 9.59 Å². The number of allylic oxidation sites excluding steroid dienone is 3. The van der Waals surface area contributed by atoms with E-state index in [1.807, 2.05) is 0 Å². The number of carboxylic acids is 1. The van der Waals surface area contributed by atoms with Crippen molar-refractivity contribution in [1.29, 1.82) is 0 Å². The normalized spacial score (nSPS) is 42.0. The van der Waals surface area contributed by atoms with Gasteiger partial charge in [0.2, 0.25) is 5.91 Å². The molecule has 0 radical (unpaired) electrons. The number of carbonyl (C=O) groups excluding carboxylic acids is 1. The molecule has 26 heavy (non-hydrogen) atoms. The van der Waals surface area contributed by atoms with Crippen LogP contribution >= 0.6 is 0 Å². The van der Waals surface area contributed by atoms with Gasteiger partial charge in [0.1, 0.15) is 6.54 Å². The van der Waals surface area contributed by atoms with Gasteiger partial charge in [0.25, 0.3) is 0 Å². The zero-order valence-corrected chi connectivity index (χ0v) is 16.4. The lowest BCUT2D eigenvalue weighted by Crippen LogP contribution is -2.55. The van der Waals surface area contributed by atoms with Gasteiger partial charge in [-0.2, -0.15) is 0 Å². The van der Waals surface area contributed by atoms with Crippen molar-refractivity contribution in [1.82, 2.24) is 5.32 Å². The topological polar surface area (TPSA) is 66.4 Å². The van der Waals surface area contributed by atoms with E-state index in [-0.39, 0.29) is 29.2 Å². The van der Waals surface area contributed by atoms with Crippen LogP contribution in [0.15, 0.2) is 24.3 Å². The van der Waals surface area contributed by atoms with Gasteiger partial charge >= 0.3 is 5.97 Å². The summed E-state index contributed by atoms with van der Waals surface area (Å²) in [6.45, 7) is 10.5. The first-order valence-corrected chi connectivity index (χ1v) is 9.99. The minimum atomic E-state index is -0.983. The van der Waals surface area contributed by atoms with Crippen LogP contribution in [0.4, 0.5) is 0 Å². The molecule has 4 nitrogen and oxygen atoms in total. The molecule has 0 aromatic rings. The Morgan fingerprint density at radius 1 is 1.31 bits per heavy atom. The number of fused-ring (bicyclic) bond motifs is 3. The van der Waals surface area contributed by atoms with Crippen LogP contribution in [0.3, 0.4) is 0 Å². The second-order valence-corrected chi connectivity index (χ2v) is 9.52. The third-order valence-corrected chi connectivity index (χ3v) is 7.75. The first kappa shape index (κ1) is 19.2. The summed E-state index contributed by atoms with van der Waals surface area (Å²) in [6, 6.07) is 0. The van der Waals surface area contributed by atoms with Gasteiger partial charge in [0, 0.05) is 0 Å². The molecule has 0 bridgehead atoms. The maximum atomic E-state index is 12.9. The van der Waals surface area contributed by atoms with Gasteiger partial charge in [-0.05, 0) is 61.2 Å². The molecule has 0 aromatic heterocycles. The molecule has 1 amide bonds. The molecule has 0 heterocycles. The Bertz CT molecular complexity index is 654. The number of hydrogen-bond donors (Lipinski definition) is 2. The molecular weight excluding hydrogens is 326 g/mol. The SMILES string of the molecule is C=C[C@]1(C)CC=C2C(CCC3[C@@](C)(C(=O)NCC(=O)O)CCC[C@]23C)C1. The van der Waals surface area contributed by atoms with Crippen molar-refractivity contribution in [3.8, 4) is 0 Å². The van der Waals surface area contributed by atoms with Crippen molar-refractivity contribution < 1.29 is 14.7 Å². The third kappa shape index (κ3) is 3.01. The van der Waals surface area contributed by atoms with Crippen molar-refractivity contribution in [2.75, 3.05) is 6.54 Å². The third-order valence-electron chi connectivity index (χ3n) is 7.75. The molecule has 0 aliphatic heterocycles. The molecule has 0 saturated heterocycles. The van der Waals surface area contributed by atoms with Crippen molar-refractivity contribution >= 4 is 11.9 Å². The molecule has 3 rings (SSSR count). The molecule has 2 saturated carbocycles. The number of rotatable bonds is 4. The van der Waals surface area contributed by atoms with Crippen LogP contribution in [0.5, 0.6) is 0 Å². The van der Waals surface area contributed by atoms with E-state index >= 15 is 0 Å². The molecule has 144 valence electrons. The average Bonchev–Trinajstić information content (AvgIpc) is 2.59. The van der Waals surface area contributed by atoms with Gasteiger partial charge in [-0.15, -0.1) is 6.58 Å². The summed E-state index contributed by atoms with van der Waals surface area (Å²) in [6.07, 6.45) is 11.9. The highest BCUT2D eigenvalue weighted by molar-refractivity contribution is 5.86. The summed E-state index contributed by atoms with van der Waals surface area (Å²) in [5, 5.41) is 11.6. The minimum Gasteiger partial charge on any atom is -0.480 e. The monoisotopic (exact) mass is 359 g/mol. The molecule has 5 atom stereocenters. The van der Waals surface area contributed by atoms with E-state index in [1.54, 1.807) is 5.57 Å². The highest BCUT2D eigenvalue weighted by Gasteiger charge is 2.57. The van der Waals surface area contributed by atoms with Gasteiger partial charge < -0.3 is 10.4 Å². The summed E-state index contributed by atoms with van der Waals surface area (Å²) in [7, 11) is 0. The fourth-order valence-corrected chi connectivity index (χ4v) is 6.24. The molecule has 4 heteroatoms. The van der Waals surface area contributed by atoms with Crippen LogP contribution in [-0.2, 0) is 9.59 Å². The highest BCUT2D eigenvalue weighted by atomic mass is 16.4. The second-order valence-electron chi connectivity index (χ2n) is 9.52. The van der Waals surface area contributed by atoms with E-state index in [0.29, 0.717) is 5.92 Å². The maximum absolute atomic E-state index is 12.9. The standard InChI is InChI=1S/C22H33NO3/c1-5-20(2)12-9-16-15(13-20)7-8-17-21(16,3)10-6-11-22(17,4)19(26)23-14-18(24)25/h5,9,15,17H,1,6-8,10-14H2,2-4H3,(H,23,26)(H,24,25)/t15?,17?,20-,21-,22+/m1/s1. The summed E-state index contributed by atoms with van der Waals surface area (Å²) < 4.78 is 0. The van der Waals surface area contributed by atoms with Crippen molar-refractivity contribution in [2.45, 2.75) is 65.7 Å². The van der Waals surface area contributed by atoms with Crippen LogP contribution in [0.1, 0.15) is 65.7 Å². The Kier molecular flexibility index (Phi) is 4.83. The number of hydrogen-bond acceptors (Lipinski definition) is 2. The molecule has 2 N–H and O–H groups in total. The lowest BCUT2D eigenvalue weighted by molar-refractivity contribution is -0.146. The summed E-state index contributed by atoms with van der Waals surface area (Å²) in [4.78, 5) is 23.8. The summed E-state index contributed by atoms with van der Waals surface area (Å²) >= 11 is 0. The van der Waals surface area contributed by atoms with E-state index in [1.165, 1.54) is 0 Å². The van der Waals surface area contributed by atoms with Crippen molar-refractivity contribution in [3.05, 3.63) is 24.3 Å². The smallest absolute Gasteiger partial charge is 0.322 e. The first-order valence-electron chi connectivity index (χ1n) is 9.99. The van der Waals surface area contributed by atoms with Crippen LogP contribution < -0.4 is 5.32 Å². The van der Waals surface area contributed by atoms with Crippen LogP contribution in [-0.4, -0.2) is 23.5 Å². The Balaban J connectivity index is 1.89. The zero-order valence-electron chi connectivity index (χ0n) is 16.4. The van der Waals surface area contributed by atoms with Gasteiger partial charge in [0.15, 0.2) is 0 Å². The predicted octanol–water partition coefficient (Wildman–Crippen LogP) is 4.32. The van der Waals surface area contributed by atoms with Gasteiger partial charge in [-0.3, -0.25) is 9.59 Å². The lowest BCUT2D eigenvalue weighted by atomic mass is 9.46. The van der Waals surface area contributed by atoms with Gasteiger partial charge in [-0.25, -0.2) is 0 Å². The number of amides is 1. The largest absolute Gasteiger partial charge is 0.480 e. The average molecular weight is 360 g/mol. The molecule has 2 fully saturated rings. The van der Waals surface area contributed by atoms with E-state index in [2.05, 4.69) is 44.8 Å². The number of nitrogens with one attached hydrogen (secondary N) is 1. The Hall–Kier alpha value is -1.58. The zero-order chi connectivity index (χ0) is 19.2. The van der Waals surface area contributed by atoms with Crippen LogP contribution in [0.25, 0.3) is 0 Å². The molecule has 3 aliphatic rings. The minimum absolute atomic E-state index is 0.0545. The predicted molar refractivity (Wildman–Crippen MR) is 103 cm³/mol. The molecular formula is C22H33NO3. The number of carbonyl (C=O) groups is 2. The molecule has 0 aromatic carbocycles. The maximum Gasteiger partial charge on any atom is 0.322 e. The van der Waals surface area contributed by atoms with E-state index in [4.69, 9.17) is 5.11 Å². The fraction of sp³-hybridized carbons (Fsp3) is 0.727. The molecule has 0 spiro atoms. The molecule has 3 aliphatic carbocycles. The fourth-order valence-electron chi connectivity index (χ4n) is 6.24.